The van der Waals surface area contributed by atoms with Crippen LogP contribution in [0.4, 0.5) is 0 Å². The van der Waals surface area contributed by atoms with E-state index in [4.69, 9.17) is 5.11 Å². The van der Waals surface area contributed by atoms with Crippen molar-refractivity contribution >= 4 is 23.2 Å². The number of aromatic nitrogens is 1. The van der Waals surface area contributed by atoms with Crippen molar-refractivity contribution in [2.45, 2.75) is 13.0 Å². The Bertz CT molecular complexity index is 417. The van der Waals surface area contributed by atoms with Gasteiger partial charge in [0.25, 0.3) is 5.91 Å². The van der Waals surface area contributed by atoms with Gasteiger partial charge in [-0.2, -0.15) is 0 Å². The minimum Gasteiger partial charge on any atom is -0.476 e. The largest absolute Gasteiger partial charge is 0.476 e. The highest BCUT2D eigenvalue weighted by molar-refractivity contribution is 7.11. The van der Waals surface area contributed by atoms with Crippen LogP contribution in [0, 0.1) is 0 Å². The molecule has 0 spiro atoms. The summed E-state index contributed by atoms with van der Waals surface area (Å²) in [5.41, 5.74) is -0.0965. The zero-order chi connectivity index (χ0) is 13.0. The molecule has 0 saturated heterocycles. The van der Waals surface area contributed by atoms with E-state index in [2.05, 4.69) is 10.3 Å². The van der Waals surface area contributed by atoms with E-state index >= 15 is 0 Å². The number of carboxylic acids is 1. The summed E-state index contributed by atoms with van der Waals surface area (Å²) in [4.78, 5) is 27.9. The van der Waals surface area contributed by atoms with Crippen molar-refractivity contribution in [1.29, 1.82) is 0 Å². The topological polar surface area (TPSA) is 82.5 Å². The Hall–Kier alpha value is -1.47. The molecule has 0 aliphatic carbocycles. The SMILES string of the molecule is CC(CNC(=O)c1nc(C(=O)O)cs1)N(C)C. The van der Waals surface area contributed by atoms with Crippen LogP contribution in [0.1, 0.15) is 27.2 Å². The van der Waals surface area contributed by atoms with Crippen LogP contribution in [-0.4, -0.2) is 53.5 Å². The zero-order valence-electron chi connectivity index (χ0n) is 9.93. The lowest BCUT2D eigenvalue weighted by Crippen LogP contribution is -2.38. The van der Waals surface area contributed by atoms with Crippen LogP contribution in [0.15, 0.2) is 5.38 Å². The lowest BCUT2D eigenvalue weighted by molar-refractivity contribution is 0.0691. The van der Waals surface area contributed by atoms with Gasteiger partial charge in [-0.25, -0.2) is 9.78 Å². The average molecular weight is 257 g/mol. The van der Waals surface area contributed by atoms with E-state index in [-0.39, 0.29) is 22.7 Å². The molecule has 0 aromatic carbocycles. The fourth-order valence-electron chi connectivity index (χ4n) is 0.975. The van der Waals surface area contributed by atoms with E-state index in [1.165, 1.54) is 5.38 Å². The van der Waals surface area contributed by atoms with E-state index in [9.17, 15) is 9.59 Å². The predicted octanol–water partition coefficient (Wildman–Crippen LogP) is 0.521. The summed E-state index contributed by atoms with van der Waals surface area (Å²) >= 11 is 1.03. The summed E-state index contributed by atoms with van der Waals surface area (Å²) < 4.78 is 0. The molecule has 1 unspecified atom stereocenters. The summed E-state index contributed by atoms with van der Waals surface area (Å²) in [6.07, 6.45) is 0. The van der Waals surface area contributed by atoms with Gasteiger partial charge in [-0.3, -0.25) is 4.79 Å². The number of carbonyl (C=O) groups excluding carboxylic acids is 1. The van der Waals surface area contributed by atoms with Gasteiger partial charge in [0.2, 0.25) is 0 Å². The van der Waals surface area contributed by atoms with Crippen molar-refractivity contribution in [2.24, 2.45) is 0 Å². The van der Waals surface area contributed by atoms with Gasteiger partial charge in [-0.05, 0) is 21.0 Å². The number of nitrogens with one attached hydrogen (secondary N) is 1. The maximum absolute atomic E-state index is 11.6. The third-order valence-electron chi connectivity index (χ3n) is 2.36. The second-order valence-corrected chi connectivity index (χ2v) is 4.72. The Kier molecular flexibility index (Phi) is 4.59. The fourth-order valence-corrected chi connectivity index (χ4v) is 1.68. The molecular weight excluding hydrogens is 242 g/mol. The average Bonchev–Trinajstić information content (AvgIpc) is 2.74. The monoisotopic (exact) mass is 257 g/mol. The smallest absolute Gasteiger partial charge is 0.355 e. The Morgan fingerprint density at radius 1 is 1.59 bits per heavy atom. The fraction of sp³-hybridized carbons (Fsp3) is 0.500. The summed E-state index contributed by atoms with van der Waals surface area (Å²) in [7, 11) is 3.84. The van der Waals surface area contributed by atoms with Crippen molar-refractivity contribution in [3.8, 4) is 0 Å². The van der Waals surface area contributed by atoms with Gasteiger partial charge in [-0.1, -0.05) is 0 Å². The molecule has 7 heteroatoms. The molecule has 0 aliphatic heterocycles. The highest BCUT2D eigenvalue weighted by atomic mass is 32.1. The third-order valence-corrected chi connectivity index (χ3v) is 3.20. The van der Waals surface area contributed by atoms with Gasteiger partial charge in [0.15, 0.2) is 10.7 Å². The number of rotatable bonds is 5. The van der Waals surface area contributed by atoms with Gasteiger partial charge >= 0.3 is 5.97 Å². The number of aromatic carboxylic acids is 1. The highest BCUT2D eigenvalue weighted by Gasteiger charge is 2.15. The van der Waals surface area contributed by atoms with E-state index < -0.39 is 5.97 Å². The predicted molar refractivity (Wildman–Crippen MR) is 64.6 cm³/mol. The second-order valence-electron chi connectivity index (χ2n) is 3.87. The minimum absolute atomic E-state index is 0.0965. The van der Waals surface area contributed by atoms with Crippen molar-refractivity contribution in [3.63, 3.8) is 0 Å². The molecule has 1 amide bonds. The van der Waals surface area contributed by atoms with Gasteiger partial charge in [-0.15, -0.1) is 11.3 Å². The normalized spacial score (nSPS) is 12.5. The Labute approximate surface area is 103 Å². The second kappa shape index (κ2) is 5.74. The summed E-state index contributed by atoms with van der Waals surface area (Å²) in [5.74, 6) is -1.46. The maximum atomic E-state index is 11.6. The lowest BCUT2D eigenvalue weighted by Gasteiger charge is -2.19. The van der Waals surface area contributed by atoms with E-state index in [1.54, 1.807) is 0 Å². The molecule has 0 saturated carbocycles. The summed E-state index contributed by atoms with van der Waals surface area (Å²) in [6, 6.07) is 0.206. The van der Waals surface area contributed by atoms with Crippen LogP contribution < -0.4 is 5.32 Å². The van der Waals surface area contributed by atoms with Crippen LogP contribution in [0.2, 0.25) is 0 Å². The van der Waals surface area contributed by atoms with Gasteiger partial charge in [0.05, 0.1) is 0 Å². The molecule has 6 nitrogen and oxygen atoms in total. The first kappa shape index (κ1) is 13.6. The van der Waals surface area contributed by atoms with Crippen LogP contribution in [-0.2, 0) is 0 Å². The third kappa shape index (κ3) is 3.79. The van der Waals surface area contributed by atoms with Crippen molar-refractivity contribution in [3.05, 3.63) is 16.1 Å². The highest BCUT2D eigenvalue weighted by Crippen LogP contribution is 2.09. The number of carbonyl (C=O) groups is 2. The number of thiazole rings is 1. The van der Waals surface area contributed by atoms with Crippen molar-refractivity contribution < 1.29 is 14.7 Å². The van der Waals surface area contributed by atoms with Gasteiger partial charge in [0.1, 0.15) is 0 Å². The lowest BCUT2D eigenvalue weighted by atomic mass is 10.3. The van der Waals surface area contributed by atoms with Gasteiger partial charge < -0.3 is 15.3 Å². The Morgan fingerprint density at radius 2 is 2.24 bits per heavy atom. The number of hydrogen-bond donors (Lipinski definition) is 2. The van der Waals surface area contributed by atoms with Crippen LogP contribution >= 0.6 is 11.3 Å². The minimum atomic E-state index is -1.12. The van der Waals surface area contributed by atoms with E-state index in [0.717, 1.165) is 11.3 Å². The molecule has 17 heavy (non-hydrogen) atoms. The molecule has 94 valence electrons. The molecule has 1 heterocycles. The van der Waals surface area contributed by atoms with Crippen LogP contribution in [0.3, 0.4) is 0 Å². The molecule has 1 aromatic heterocycles. The molecule has 0 aliphatic rings. The van der Waals surface area contributed by atoms with Crippen molar-refractivity contribution in [1.82, 2.24) is 15.2 Å². The number of carboxylic acid groups (broad SMARTS) is 1. The first-order valence-electron chi connectivity index (χ1n) is 5.05. The van der Waals surface area contributed by atoms with Crippen LogP contribution in [0.25, 0.3) is 0 Å². The number of likely N-dealkylation sites (N-methyl/N-ethyl adjacent to an activating group) is 1. The van der Waals surface area contributed by atoms with Crippen LogP contribution in [0.5, 0.6) is 0 Å². The molecule has 2 N–H and O–H groups in total. The number of hydrogen-bond acceptors (Lipinski definition) is 5. The van der Waals surface area contributed by atoms with E-state index in [1.807, 2.05) is 25.9 Å². The van der Waals surface area contributed by atoms with Gasteiger partial charge in [0, 0.05) is 18.0 Å². The molecule has 0 bridgehead atoms. The quantitative estimate of drug-likeness (QED) is 0.803. The zero-order valence-corrected chi connectivity index (χ0v) is 10.7. The molecule has 1 rings (SSSR count). The molecule has 0 radical (unpaired) electrons. The summed E-state index contributed by atoms with van der Waals surface area (Å²) in [5, 5.41) is 12.9. The van der Waals surface area contributed by atoms with Crippen molar-refractivity contribution in [2.75, 3.05) is 20.6 Å². The first-order valence-corrected chi connectivity index (χ1v) is 5.93. The Morgan fingerprint density at radius 3 is 2.71 bits per heavy atom. The summed E-state index contributed by atoms with van der Waals surface area (Å²) in [6.45, 7) is 2.47. The number of amides is 1. The molecule has 1 aromatic rings. The molecular formula is C10H15N3O3S. The first-order chi connectivity index (χ1) is 7.91. The standard InChI is InChI=1S/C10H15N3O3S/c1-6(13(2)3)4-11-8(14)9-12-7(5-17-9)10(15)16/h5-6H,4H2,1-3H3,(H,11,14)(H,15,16). The maximum Gasteiger partial charge on any atom is 0.355 e. The molecule has 1 atom stereocenters. The van der Waals surface area contributed by atoms with E-state index in [0.29, 0.717) is 6.54 Å². The Balaban J connectivity index is 2.55. The molecule has 0 fully saturated rings. The number of nitrogens with zero attached hydrogens (tertiary/aromatic N) is 2.